The lowest BCUT2D eigenvalue weighted by molar-refractivity contribution is -0.116. The van der Waals surface area contributed by atoms with Gasteiger partial charge in [-0.3, -0.25) is 28.5 Å². The topological polar surface area (TPSA) is 294 Å². The number of nitrogens with zero attached hydrogens (tertiary/aromatic N) is 2. The van der Waals surface area contributed by atoms with Crippen LogP contribution in [0.2, 0.25) is 0 Å². The van der Waals surface area contributed by atoms with Crippen LogP contribution in [0.3, 0.4) is 0 Å². The number of thioether (sulfide) groups is 1. The second-order valence-electron chi connectivity index (χ2n) is 16.9. The summed E-state index contributed by atoms with van der Waals surface area (Å²) in [5, 5.41) is 55.5. The number of benzene rings is 3. The number of phenols is 1. The highest BCUT2D eigenvalue weighted by Crippen LogP contribution is 2.58. The van der Waals surface area contributed by atoms with Gasteiger partial charge in [0.1, 0.15) is 42.6 Å². The smallest absolute Gasteiger partial charge is 0.508 e. The van der Waals surface area contributed by atoms with Crippen LogP contribution in [0.4, 0.5) is 5.69 Å². The molecule has 4 atom stereocenters. The van der Waals surface area contributed by atoms with Crippen LogP contribution in [0.15, 0.2) is 90.6 Å². The number of aliphatic hydroxyl groups is 1. The van der Waals surface area contributed by atoms with Crippen LogP contribution in [0.25, 0.3) is 33.4 Å². The number of nitrogens with one attached hydrogen (secondary N) is 2. The summed E-state index contributed by atoms with van der Waals surface area (Å²) in [6.45, 7) is 1.57. The van der Waals surface area contributed by atoms with E-state index in [0.717, 1.165) is 44.9 Å². The number of phenolic OH excluding ortho intramolecular Hbond substituents is 1. The highest BCUT2D eigenvalue weighted by molar-refractivity contribution is 7.99. The third-order valence-corrected chi connectivity index (χ3v) is 14.3. The molecule has 0 radical (unpaired) electrons. The molecule has 2 aromatic heterocycles. The number of hydrogen-bond donors (Lipinski definition) is 8. The Bertz CT molecular complexity index is 2970. The second-order valence-corrected chi connectivity index (χ2v) is 19.8. The zero-order valence-electron chi connectivity index (χ0n) is 38.5. The molecular weight excluding hydrogens is 952 g/mol. The van der Waals surface area contributed by atoms with Gasteiger partial charge in [0.25, 0.3) is 5.56 Å². The minimum absolute atomic E-state index is 0.0415. The summed E-state index contributed by atoms with van der Waals surface area (Å²) >= 11 is 1.19. The van der Waals surface area contributed by atoms with Crippen LogP contribution >= 0.6 is 19.9 Å². The minimum Gasteiger partial charge on any atom is -0.508 e. The average Bonchev–Trinajstić information content (AvgIpc) is 3.83. The zero-order chi connectivity index (χ0) is 50.1. The first-order valence-corrected chi connectivity index (χ1v) is 25.3. The van der Waals surface area contributed by atoms with Gasteiger partial charge in [-0.1, -0.05) is 44.6 Å². The highest BCUT2D eigenvalue weighted by Gasteiger charge is 2.46. The SMILES string of the molecule is CO[P+](O)(OCCSc1cc(O)n(CCCCCCCCCCC(=O)Nc2ccc(-c3c4ccc(=O)cc-4oc4cc(O)ccc34)c(C(=O)O)c2)c1O)OC[C@H]1O[C@@H](n2cc(C)c(=O)[nH]c2=O)CC1O. The molecule has 8 N–H and O–H groups in total. The molecule has 2 aliphatic heterocycles. The van der Waals surface area contributed by atoms with Gasteiger partial charge in [0, 0.05) is 77.3 Å². The number of carboxylic acid groups (broad SMARTS) is 1. The summed E-state index contributed by atoms with van der Waals surface area (Å²) in [6, 6.07) is 14.8. The number of aliphatic hydroxyl groups excluding tert-OH is 1. The second kappa shape index (κ2) is 23.3. The van der Waals surface area contributed by atoms with Crippen molar-refractivity contribution in [2.75, 3.05) is 31.4 Å². The number of carbonyl (C=O) groups is 2. The lowest BCUT2D eigenvalue weighted by atomic mass is 9.90. The molecule has 22 heteroatoms. The fraction of sp³-hybridized carbons (Fsp3) is 0.396. The van der Waals surface area contributed by atoms with Crippen molar-refractivity contribution in [1.29, 1.82) is 0 Å². The Morgan fingerprint density at radius 2 is 1.64 bits per heavy atom. The van der Waals surface area contributed by atoms with Crippen LogP contribution in [0.5, 0.6) is 17.5 Å². The molecule has 1 fully saturated rings. The summed E-state index contributed by atoms with van der Waals surface area (Å²) < 4.78 is 30.4. The van der Waals surface area contributed by atoms with Gasteiger partial charge in [-0.15, -0.1) is 11.8 Å². The normalized spacial score (nSPS) is 16.8. The van der Waals surface area contributed by atoms with Crippen molar-refractivity contribution in [1.82, 2.24) is 14.1 Å². The predicted octanol–water partition coefficient (Wildman–Crippen LogP) is 7.28. The number of H-pyrrole nitrogens is 1. The number of aromatic carboxylic acids is 1. The first kappa shape index (κ1) is 51.8. The standard InChI is InChI=1S/C48H55N4O16PS/c1-28-26-52(48(62)50-45(28)58)43-24-36(55)39(68-43)27-66-69(63,64-2)65-19-20-70-40-25-42(57)51(46(40)59)18-10-8-6-4-3-5-7-9-11-41(56)49-29-12-15-32(35(21-29)47(60)61)44-33-16-13-30(53)22-37(33)67-38-23-31(54)14-17-34(38)44/h12-17,21-23,25-26,36,39,43,55,63H,3-11,18-20,24,27H2,1-2H3,(H5-,49,50,53,54,56,57,58,59,60,61,62)/p+1/t36?,39-,43-,69?/m1/s1. The average molecular weight is 1010 g/mol. The molecule has 4 aromatic rings. The molecule has 1 aliphatic carbocycles. The molecule has 374 valence electrons. The van der Waals surface area contributed by atoms with E-state index in [-0.39, 0.29) is 77.6 Å². The number of aromatic nitrogens is 3. The molecule has 3 aliphatic rings. The van der Waals surface area contributed by atoms with Crippen LogP contribution in [0.1, 0.15) is 86.4 Å². The van der Waals surface area contributed by atoms with E-state index in [2.05, 4.69) is 10.3 Å². The molecule has 1 amide bonds. The number of carboxylic acids is 1. The largest absolute Gasteiger partial charge is 0.572 e. The molecule has 0 bridgehead atoms. The fourth-order valence-corrected chi connectivity index (χ4v) is 10.2. The zero-order valence-corrected chi connectivity index (χ0v) is 40.2. The molecule has 1 saturated heterocycles. The Balaban J connectivity index is 0.775. The van der Waals surface area contributed by atoms with Gasteiger partial charge >= 0.3 is 19.8 Å². The summed E-state index contributed by atoms with van der Waals surface area (Å²) in [6.07, 6.45) is 5.74. The van der Waals surface area contributed by atoms with Crippen molar-refractivity contribution in [3.8, 4) is 40.0 Å². The summed E-state index contributed by atoms with van der Waals surface area (Å²) in [4.78, 5) is 75.0. The fourth-order valence-electron chi connectivity index (χ4n) is 8.28. The van der Waals surface area contributed by atoms with E-state index in [1.165, 1.54) is 77.5 Å². The first-order valence-electron chi connectivity index (χ1n) is 22.8. The number of hydrogen-bond acceptors (Lipinski definition) is 16. The third-order valence-electron chi connectivity index (χ3n) is 11.9. The number of ether oxygens (including phenoxy) is 1. The number of fused-ring (bicyclic) bond motifs is 2. The molecule has 0 spiro atoms. The number of unbranched alkanes of at least 4 members (excludes halogenated alkanes) is 7. The number of amides is 1. The Morgan fingerprint density at radius 1 is 0.914 bits per heavy atom. The van der Waals surface area contributed by atoms with Gasteiger partial charge in [0.15, 0.2) is 11.3 Å². The van der Waals surface area contributed by atoms with Crippen LogP contribution in [-0.4, -0.2) is 94.7 Å². The van der Waals surface area contributed by atoms with E-state index < -0.39 is 43.8 Å². The lowest BCUT2D eigenvalue weighted by Crippen LogP contribution is -2.33. The number of carbonyl (C=O) groups excluding carboxylic acids is 1. The number of anilines is 1. The Kier molecular flexibility index (Phi) is 17.2. The maximum Gasteiger partial charge on any atom is 0.572 e. The number of rotatable bonds is 24. The van der Waals surface area contributed by atoms with Gasteiger partial charge in [-0.2, -0.15) is 18.5 Å². The van der Waals surface area contributed by atoms with Crippen molar-refractivity contribution in [2.24, 2.45) is 0 Å². The molecule has 2 aromatic carbocycles. The highest BCUT2D eigenvalue weighted by atomic mass is 32.2. The van der Waals surface area contributed by atoms with E-state index in [1.54, 1.807) is 24.3 Å². The number of aromatic hydroxyl groups is 3. The lowest BCUT2D eigenvalue weighted by Gasteiger charge is -2.18. The molecule has 2 unspecified atom stereocenters. The van der Waals surface area contributed by atoms with Gasteiger partial charge in [-0.05, 0) is 61.7 Å². The monoisotopic (exact) mass is 1010 g/mol. The Labute approximate surface area is 405 Å². The van der Waals surface area contributed by atoms with Gasteiger partial charge in [0.2, 0.25) is 11.8 Å². The summed E-state index contributed by atoms with van der Waals surface area (Å²) in [7, 11) is -2.63. The van der Waals surface area contributed by atoms with Crippen molar-refractivity contribution >= 4 is 48.5 Å². The van der Waals surface area contributed by atoms with Crippen molar-refractivity contribution < 1.29 is 62.7 Å². The molecule has 20 nitrogen and oxygen atoms in total. The van der Waals surface area contributed by atoms with Crippen LogP contribution in [-0.2, 0) is 29.6 Å². The van der Waals surface area contributed by atoms with E-state index >= 15 is 0 Å². The van der Waals surface area contributed by atoms with Crippen LogP contribution in [0, 0.1) is 6.92 Å². The number of aryl methyl sites for hydroxylation is 1. The van der Waals surface area contributed by atoms with E-state index in [0.29, 0.717) is 51.2 Å². The minimum atomic E-state index is -3.84. The predicted molar refractivity (Wildman–Crippen MR) is 260 cm³/mol. The molecule has 7 rings (SSSR count). The number of aromatic amines is 1. The van der Waals surface area contributed by atoms with Crippen molar-refractivity contribution in [3.05, 3.63) is 109 Å². The maximum absolute atomic E-state index is 12.9. The van der Waals surface area contributed by atoms with Crippen LogP contribution < -0.4 is 22.0 Å². The molecule has 70 heavy (non-hydrogen) atoms. The van der Waals surface area contributed by atoms with E-state index in [4.69, 9.17) is 22.7 Å². The van der Waals surface area contributed by atoms with Gasteiger partial charge in [0.05, 0.1) is 23.7 Å². The summed E-state index contributed by atoms with van der Waals surface area (Å²) in [5.74, 6) is -1.19. The molecule has 4 heterocycles. The maximum atomic E-state index is 12.9. The van der Waals surface area contributed by atoms with Gasteiger partial charge < -0.3 is 40.0 Å². The van der Waals surface area contributed by atoms with E-state index in [1.807, 2.05) is 0 Å². The first-order chi connectivity index (χ1) is 33.5. The van der Waals surface area contributed by atoms with Gasteiger partial charge in [-0.25, -0.2) is 9.59 Å². The van der Waals surface area contributed by atoms with Crippen molar-refractivity contribution in [2.45, 2.75) is 101 Å². The van der Waals surface area contributed by atoms with Crippen molar-refractivity contribution in [3.63, 3.8) is 0 Å². The molecular formula is C48H56N4O16PS+. The molecule has 0 saturated carbocycles. The Hall–Kier alpha value is -6.03. The quantitative estimate of drug-likeness (QED) is 0.0128. The van der Waals surface area contributed by atoms with E-state index in [9.17, 15) is 54.4 Å². The summed E-state index contributed by atoms with van der Waals surface area (Å²) in [5.41, 5.74) is 0.728. The Morgan fingerprint density at radius 3 is 2.39 bits per heavy atom. The third kappa shape index (κ3) is 12.6.